The zero-order chi connectivity index (χ0) is 18.3. The number of benzene rings is 1. The van der Waals surface area contributed by atoms with Crippen molar-refractivity contribution in [3.63, 3.8) is 0 Å². The standard InChI is InChI=1S/C17H15ClFN5O2/c1-10-6-14(24-17(22-10)20-9-21-24)15-8-23(4-5-26-15)16(25)12-7-11(18)2-3-13(12)19/h2-3,6-7,9,15H,4-5,8H2,1H3. The summed E-state index contributed by atoms with van der Waals surface area (Å²) in [4.78, 5) is 22.7. The van der Waals surface area contributed by atoms with Crippen LogP contribution >= 0.6 is 11.6 Å². The van der Waals surface area contributed by atoms with Crippen LogP contribution in [-0.2, 0) is 4.74 Å². The van der Waals surface area contributed by atoms with Crippen LogP contribution in [-0.4, -0.2) is 50.1 Å². The highest BCUT2D eigenvalue weighted by Crippen LogP contribution is 2.25. The molecule has 26 heavy (non-hydrogen) atoms. The highest BCUT2D eigenvalue weighted by molar-refractivity contribution is 6.31. The van der Waals surface area contributed by atoms with Gasteiger partial charge in [-0.3, -0.25) is 4.79 Å². The minimum Gasteiger partial charge on any atom is -0.368 e. The van der Waals surface area contributed by atoms with Crippen LogP contribution in [0.4, 0.5) is 4.39 Å². The van der Waals surface area contributed by atoms with E-state index in [1.54, 1.807) is 9.42 Å². The molecule has 9 heteroatoms. The molecule has 3 aromatic rings. The van der Waals surface area contributed by atoms with Crippen LogP contribution in [0.1, 0.15) is 27.8 Å². The largest absolute Gasteiger partial charge is 0.368 e. The quantitative estimate of drug-likeness (QED) is 0.688. The summed E-state index contributed by atoms with van der Waals surface area (Å²) in [5.41, 5.74) is 1.47. The van der Waals surface area contributed by atoms with Gasteiger partial charge in [0.2, 0.25) is 0 Å². The lowest BCUT2D eigenvalue weighted by atomic mass is 10.1. The van der Waals surface area contributed by atoms with Crippen LogP contribution in [0.15, 0.2) is 30.6 Å². The van der Waals surface area contributed by atoms with Gasteiger partial charge in [0.25, 0.3) is 11.7 Å². The number of morpholine rings is 1. The fraction of sp³-hybridized carbons (Fsp3) is 0.294. The number of nitrogens with zero attached hydrogens (tertiary/aromatic N) is 5. The number of ether oxygens (including phenoxy) is 1. The van der Waals surface area contributed by atoms with Crippen molar-refractivity contribution in [2.24, 2.45) is 0 Å². The smallest absolute Gasteiger partial charge is 0.257 e. The van der Waals surface area contributed by atoms with Crippen molar-refractivity contribution < 1.29 is 13.9 Å². The van der Waals surface area contributed by atoms with Gasteiger partial charge in [-0.05, 0) is 31.2 Å². The van der Waals surface area contributed by atoms with E-state index in [0.29, 0.717) is 24.0 Å². The van der Waals surface area contributed by atoms with Gasteiger partial charge in [-0.2, -0.15) is 14.6 Å². The molecule has 3 heterocycles. The molecule has 1 aliphatic heterocycles. The number of hydrogen-bond acceptors (Lipinski definition) is 5. The molecule has 0 bridgehead atoms. The Morgan fingerprint density at radius 3 is 3.08 bits per heavy atom. The van der Waals surface area contributed by atoms with E-state index >= 15 is 0 Å². The van der Waals surface area contributed by atoms with Gasteiger partial charge in [-0.25, -0.2) is 9.37 Å². The molecule has 1 aromatic carbocycles. The minimum atomic E-state index is -0.596. The van der Waals surface area contributed by atoms with Gasteiger partial charge in [0.15, 0.2) is 0 Å². The average molecular weight is 376 g/mol. The number of carbonyl (C=O) groups excluding carboxylic acids is 1. The SMILES string of the molecule is Cc1cc(C2CN(C(=O)c3cc(Cl)ccc3F)CCO2)n2ncnc2n1. The van der Waals surface area contributed by atoms with Gasteiger partial charge in [0.1, 0.15) is 18.2 Å². The van der Waals surface area contributed by atoms with Crippen molar-refractivity contribution in [2.45, 2.75) is 13.0 Å². The summed E-state index contributed by atoms with van der Waals surface area (Å²) in [5.74, 6) is -0.548. The van der Waals surface area contributed by atoms with Crippen molar-refractivity contribution in [3.05, 3.63) is 58.4 Å². The van der Waals surface area contributed by atoms with E-state index in [2.05, 4.69) is 15.1 Å². The number of carbonyl (C=O) groups is 1. The minimum absolute atomic E-state index is 0.0463. The maximum atomic E-state index is 14.0. The number of fused-ring (bicyclic) bond motifs is 1. The fourth-order valence-electron chi connectivity index (χ4n) is 3.03. The summed E-state index contributed by atoms with van der Waals surface area (Å²) in [6, 6.07) is 5.80. The van der Waals surface area contributed by atoms with Gasteiger partial charge in [-0.15, -0.1) is 0 Å². The molecule has 1 aliphatic rings. The first-order valence-corrected chi connectivity index (χ1v) is 8.44. The highest BCUT2D eigenvalue weighted by atomic mass is 35.5. The van der Waals surface area contributed by atoms with Gasteiger partial charge in [0.05, 0.1) is 24.4 Å². The van der Waals surface area contributed by atoms with Crippen molar-refractivity contribution in [3.8, 4) is 0 Å². The predicted octanol–water partition coefficient (Wildman–Crippen LogP) is 2.44. The maximum absolute atomic E-state index is 14.0. The normalized spacial score (nSPS) is 17.7. The molecule has 7 nitrogen and oxygen atoms in total. The topological polar surface area (TPSA) is 72.6 Å². The summed E-state index contributed by atoms with van der Waals surface area (Å²) in [7, 11) is 0. The number of hydrogen-bond donors (Lipinski definition) is 0. The molecule has 4 rings (SSSR count). The molecule has 1 saturated heterocycles. The summed E-state index contributed by atoms with van der Waals surface area (Å²) in [6.45, 7) is 2.82. The van der Waals surface area contributed by atoms with Crippen molar-refractivity contribution in [2.75, 3.05) is 19.7 Å². The zero-order valence-electron chi connectivity index (χ0n) is 13.9. The maximum Gasteiger partial charge on any atom is 0.257 e. The number of rotatable bonds is 2. The lowest BCUT2D eigenvalue weighted by Gasteiger charge is -2.33. The van der Waals surface area contributed by atoms with Crippen molar-refractivity contribution >= 4 is 23.3 Å². The van der Waals surface area contributed by atoms with Crippen LogP contribution in [0.3, 0.4) is 0 Å². The molecule has 0 aliphatic carbocycles. The van der Waals surface area contributed by atoms with Gasteiger partial charge in [0, 0.05) is 17.3 Å². The monoisotopic (exact) mass is 375 g/mol. The molecular weight excluding hydrogens is 361 g/mol. The highest BCUT2D eigenvalue weighted by Gasteiger charge is 2.29. The second-order valence-electron chi connectivity index (χ2n) is 6.03. The first-order valence-electron chi connectivity index (χ1n) is 8.06. The molecule has 1 unspecified atom stereocenters. The van der Waals surface area contributed by atoms with E-state index in [0.717, 1.165) is 11.4 Å². The van der Waals surface area contributed by atoms with Crippen LogP contribution in [0.5, 0.6) is 0 Å². The third-order valence-electron chi connectivity index (χ3n) is 4.25. The second-order valence-corrected chi connectivity index (χ2v) is 6.47. The third kappa shape index (κ3) is 3.02. The molecular formula is C17H15ClFN5O2. The molecule has 0 saturated carbocycles. The Hall–Kier alpha value is -2.58. The van der Waals surface area contributed by atoms with Crippen LogP contribution in [0.2, 0.25) is 5.02 Å². The number of aromatic nitrogens is 4. The van der Waals surface area contributed by atoms with E-state index in [1.807, 2.05) is 13.0 Å². The van der Waals surface area contributed by atoms with Crippen molar-refractivity contribution in [1.82, 2.24) is 24.5 Å². The summed E-state index contributed by atoms with van der Waals surface area (Å²) >= 11 is 5.91. The van der Waals surface area contributed by atoms with E-state index < -0.39 is 17.8 Å². The summed E-state index contributed by atoms with van der Waals surface area (Å²) in [5, 5.41) is 4.48. The van der Waals surface area contributed by atoms with Gasteiger partial charge < -0.3 is 9.64 Å². The van der Waals surface area contributed by atoms with E-state index in [4.69, 9.17) is 16.3 Å². The molecule has 1 amide bonds. The van der Waals surface area contributed by atoms with Crippen LogP contribution < -0.4 is 0 Å². The Morgan fingerprint density at radius 1 is 1.38 bits per heavy atom. The van der Waals surface area contributed by atoms with E-state index in [9.17, 15) is 9.18 Å². The molecule has 2 aromatic heterocycles. The molecule has 1 atom stereocenters. The van der Waals surface area contributed by atoms with E-state index in [1.165, 1.54) is 24.5 Å². The second kappa shape index (κ2) is 6.62. The molecule has 0 radical (unpaired) electrons. The summed E-state index contributed by atoms with van der Waals surface area (Å²) < 4.78 is 21.5. The lowest BCUT2D eigenvalue weighted by molar-refractivity contribution is -0.0258. The number of amides is 1. The molecule has 0 spiro atoms. The first kappa shape index (κ1) is 16.9. The molecule has 1 fully saturated rings. The Kier molecular flexibility index (Phi) is 4.29. The number of halogens is 2. The van der Waals surface area contributed by atoms with Crippen LogP contribution in [0.25, 0.3) is 5.78 Å². The third-order valence-corrected chi connectivity index (χ3v) is 4.48. The molecule has 0 N–H and O–H groups in total. The summed E-state index contributed by atoms with van der Waals surface area (Å²) in [6.07, 6.45) is 0.999. The van der Waals surface area contributed by atoms with Crippen LogP contribution in [0, 0.1) is 12.7 Å². The fourth-order valence-corrected chi connectivity index (χ4v) is 3.20. The first-order chi connectivity index (χ1) is 12.5. The predicted molar refractivity (Wildman–Crippen MR) is 91.5 cm³/mol. The molecule has 134 valence electrons. The lowest BCUT2D eigenvalue weighted by Crippen LogP contribution is -2.43. The Morgan fingerprint density at radius 2 is 2.23 bits per heavy atom. The zero-order valence-corrected chi connectivity index (χ0v) is 14.6. The average Bonchev–Trinajstić information content (AvgIpc) is 3.11. The van der Waals surface area contributed by atoms with Gasteiger partial charge >= 0.3 is 0 Å². The Balaban J connectivity index is 1.64. The van der Waals surface area contributed by atoms with Crippen molar-refractivity contribution in [1.29, 1.82) is 0 Å². The number of aryl methyl sites for hydroxylation is 1. The Bertz CT molecular complexity index is 992. The van der Waals surface area contributed by atoms with E-state index in [-0.39, 0.29) is 12.1 Å². The Labute approximate surface area is 153 Å². The van der Waals surface area contributed by atoms with Gasteiger partial charge in [-0.1, -0.05) is 11.6 Å².